The highest BCUT2D eigenvalue weighted by Crippen LogP contribution is 2.35. The van der Waals surface area contributed by atoms with Gasteiger partial charge >= 0.3 is 0 Å². The third-order valence-corrected chi connectivity index (χ3v) is 4.16. The summed E-state index contributed by atoms with van der Waals surface area (Å²) in [6, 6.07) is 6.50. The Hall–Kier alpha value is -0.760. The van der Waals surface area contributed by atoms with Crippen molar-refractivity contribution >= 4 is 18.0 Å². The van der Waals surface area contributed by atoms with Gasteiger partial charge < -0.3 is 4.79 Å². The molecule has 1 nitrogen and oxygen atoms in total. The number of carbonyl (C=O) groups excluding carboxylic acids is 1. The van der Waals surface area contributed by atoms with Gasteiger partial charge in [-0.1, -0.05) is 19.1 Å². The molecule has 1 aliphatic rings. The molecule has 15 heavy (non-hydrogen) atoms. The molecule has 0 aromatic heterocycles. The lowest BCUT2D eigenvalue weighted by molar-refractivity contribution is -0.108. The zero-order valence-corrected chi connectivity index (χ0v) is 9.85. The van der Waals surface area contributed by atoms with Crippen molar-refractivity contribution in [2.45, 2.75) is 37.0 Å². The van der Waals surface area contributed by atoms with Crippen LogP contribution < -0.4 is 0 Å². The van der Waals surface area contributed by atoms with E-state index in [1.54, 1.807) is 0 Å². The molecule has 1 atom stereocenters. The van der Waals surface area contributed by atoms with E-state index < -0.39 is 0 Å². The number of carbonyl (C=O) groups is 1. The molecule has 1 unspecified atom stereocenters. The standard InChI is InChI=1S/C13H16OS/c1-10(7-8-14)11-4-2-6-13-12(11)5-3-9-15-13/h2,4,6,8,10H,3,5,7,9H2,1H3. The Labute approximate surface area is 95.3 Å². The Morgan fingerprint density at radius 3 is 3.20 bits per heavy atom. The van der Waals surface area contributed by atoms with Crippen LogP contribution in [0.2, 0.25) is 0 Å². The van der Waals surface area contributed by atoms with Crippen molar-refractivity contribution in [3.05, 3.63) is 29.3 Å². The van der Waals surface area contributed by atoms with Gasteiger partial charge in [0.2, 0.25) is 0 Å². The Morgan fingerprint density at radius 2 is 2.40 bits per heavy atom. The minimum absolute atomic E-state index is 0.371. The summed E-state index contributed by atoms with van der Waals surface area (Å²) in [4.78, 5) is 12.0. The molecule has 1 aromatic carbocycles. The number of benzene rings is 1. The average molecular weight is 220 g/mol. The number of fused-ring (bicyclic) bond motifs is 1. The summed E-state index contributed by atoms with van der Waals surface area (Å²) in [5.41, 5.74) is 2.87. The second kappa shape index (κ2) is 4.84. The molecule has 0 fully saturated rings. The fourth-order valence-electron chi connectivity index (χ4n) is 2.15. The third kappa shape index (κ3) is 2.25. The highest BCUT2D eigenvalue weighted by molar-refractivity contribution is 7.99. The maximum absolute atomic E-state index is 10.6. The van der Waals surface area contributed by atoms with Gasteiger partial charge in [0, 0.05) is 11.3 Å². The van der Waals surface area contributed by atoms with Crippen molar-refractivity contribution in [1.29, 1.82) is 0 Å². The van der Waals surface area contributed by atoms with Gasteiger partial charge in [0.05, 0.1) is 0 Å². The normalized spacial score (nSPS) is 16.9. The fraction of sp³-hybridized carbons (Fsp3) is 0.462. The number of hydrogen-bond acceptors (Lipinski definition) is 2. The number of rotatable bonds is 3. The van der Waals surface area contributed by atoms with Crippen LogP contribution in [0.1, 0.15) is 36.8 Å². The minimum Gasteiger partial charge on any atom is -0.303 e. The lowest BCUT2D eigenvalue weighted by atomic mass is 9.91. The zero-order valence-electron chi connectivity index (χ0n) is 9.03. The summed E-state index contributed by atoms with van der Waals surface area (Å²) in [7, 11) is 0. The first-order chi connectivity index (χ1) is 7.33. The van der Waals surface area contributed by atoms with Gasteiger partial charge in [0.15, 0.2) is 0 Å². The van der Waals surface area contributed by atoms with Crippen LogP contribution in [0.4, 0.5) is 0 Å². The Bertz CT molecular complexity index is 360. The third-order valence-electron chi connectivity index (χ3n) is 2.98. The van der Waals surface area contributed by atoms with Gasteiger partial charge in [-0.05, 0) is 41.7 Å². The smallest absolute Gasteiger partial charge is 0.120 e. The second-order valence-corrected chi connectivity index (χ2v) is 5.22. The van der Waals surface area contributed by atoms with Crippen molar-refractivity contribution < 1.29 is 4.79 Å². The SMILES string of the molecule is CC(CC=O)c1cccc2c1CCCS2. The summed E-state index contributed by atoms with van der Waals surface area (Å²) in [5.74, 6) is 1.61. The van der Waals surface area contributed by atoms with Crippen LogP contribution in [0, 0.1) is 0 Å². The molecule has 0 N–H and O–H groups in total. The van der Waals surface area contributed by atoms with Crippen LogP contribution >= 0.6 is 11.8 Å². The van der Waals surface area contributed by atoms with E-state index >= 15 is 0 Å². The predicted molar refractivity (Wildman–Crippen MR) is 64.6 cm³/mol. The first-order valence-electron chi connectivity index (χ1n) is 5.51. The molecule has 2 rings (SSSR count). The highest BCUT2D eigenvalue weighted by Gasteiger charge is 2.16. The molecule has 0 saturated heterocycles. The van der Waals surface area contributed by atoms with E-state index in [1.165, 1.54) is 34.6 Å². The summed E-state index contributed by atoms with van der Waals surface area (Å²) in [5, 5.41) is 0. The van der Waals surface area contributed by atoms with Gasteiger partial charge in [-0.3, -0.25) is 0 Å². The minimum atomic E-state index is 0.371. The molecule has 0 spiro atoms. The predicted octanol–water partition coefficient (Wildman–Crippen LogP) is 3.42. The van der Waals surface area contributed by atoms with Crippen molar-refractivity contribution in [2.24, 2.45) is 0 Å². The van der Waals surface area contributed by atoms with Crippen LogP contribution in [-0.2, 0) is 11.2 Å². The molecule has 2 heteroatoms. The van der Waals surface area contributed by atoms with E-state index in [4.69, 9.17) is 0 Å². The molecule has 1 aliphatic heterocycles. The van der Waals surface area contributed by atoms with Crippen LogP contribution in [0.15, 0.2) is 23.1 Å². The molecule has 1 aromatic rings. The second-order valence-electron chi connectivity index (χ2n) is 4.08. The van der Waals surface area contributed by atoms with Crippen molar-refractivity contribution in [2.75, 3.05) is 5.75 Å². The van der Waals surface area contributed by atoms with E-state index in [0.717, 1.165) is 6.29 Å². The summed E-state index contributed by atoms with van der Waals surface area (Å²) in [6.07, 6.45) is 4.12. The summed E-state index contributed by atoms with van der Waals surface area (Å²) in [6.45, 7) is 2.14. The highest BCUT2D eigenvalue weighted by atomic mass is 32.2. The Kier molecular flexibility index (Phi) is 3.47. The van der Waals surface area contributed by atoms with Gasteiger partial charge in [0.25, 0.3) is 0 Å². The Morgan fingerprint density at radius 1 is 1.53 bits per heavy atom. The molecule has 0 bridgehead atoms. The maximum Gasteiger partial charge on any atom is 0.120 e. The van der Waals surface area contributed by atoms with E-state index in [-0.39, 0.29) is 0 Å². The van der Waals surface area contributed by atoms with Gasteiger partial charge in [0.1, 0.15) is 6.29 Å². The van der Waals surface area contributed by atoms with Crippen molar-refractivity contribution in [3.8, 4) is 0 Å². The number of thioether (sulfide) groups is 1. The van der Waals surface area contributed by atoms with Gasteiger partial charge in [-0.15, -0.1) is 11.8 Å². The van der Waals surface area contributed by atoms with E-state index in [9.17, 15) is 4.79 Å². The fourth-order valence-corrected chi connectivity index (χ4v) is 3.23. The first kappa shape index (κ1) is 10.7. The molecule has 80 valence electrons. The number of aldehydes is 1. The van der Waals surface area contributed by atoms with Crippen LogP contribution in [0.3, 0.4) is 0 Å². The molecular weight excluding hydrogens is 204 g/mol. The van der Waals surface area contributed by atoms with Gasteiger partial charge in [-0.25, -0.2) is 0 Å². The average Bonchev–Trinajstić information content (AvgIpc) is 2.28. The number of hydrogen-bond donors (Lipinski definition) is 0. The lowest BCUT2D eigenvalue weighted by Crippen LogP contribution is -2.06. The van der Waals surface area contributed by atoms with Crippen LogP contribution in [0.25, 0.3) is 0 Å². The largest absolute Gasteiger partial charge is 0.303 e. The molecule has 1 heterocycles. The van der Waals surface area contributed by atoms with Gasteiger partial charge in [-0.2, -0.15) is 0 Å². The van der Waals surface area contributed by atoms with Crippen LogP contribution in [-0.4, -0.2) is 12.0 Å². The lowest BCUT2D eigenvalue weighted by Gasteiger charge is -2.21. The Balaban J connectivity index is 2.34. The molecule has 0 aliphatic carbocycles. The molecular formula is C13H16OS. The monoisotopic (exact) mass is 220 g/mol. The molecule has 0 saturated carbocycles. The zero-order chi connectivity index (χ0) is 10.7. The van der Waals surface area contributed by atoms with Crippen molar-refractivity contribution in [1.82, 2.24) is 0 Å². The van der Waals surface area contributed by atoms with Crippen molar-refractivity contribution in [3.63, 3.8) is 0 Å². The van der Waals surface area contributed by atoms with Crippen LogP contribution in [0.5, 0.6) is 0 Å². The quantitative estimate of drug-likeness (QED) is 0.726. The maximum atomic E-state index is 10.6. The van der Waals surface area contributed by atoms with E-state index in [0.29, 0.717) is 12.3 Å². The van der Waals surface area contributed by atoms with E-state index in [2.05, 4.69) is 25.1 Å². The van der Waals surface area contributed by atoms with E-state index in [1.807, 2.05) is 11.8 Å². The summed E-state index contributed by atoms with van der Waals surface area (Å²) >= 11 is 1.95. The molecule has 0 amide bonds. The molecule has 0 radical (unpaired) electrons. The topological polar surface area (TPSA) is 17.1 Å². The summed E-state index contributed by atoms with van der Waals surface area (Å²) < 4.78 is 0. The first-order valence-corrected chi connectivity index (χ1v) is 6.49.